The first-order valence-electron chi connectivity index (χ1n) is 8.15. The Morgan fingerprint density at radius 1 is 1.08 bits per heavy atom. The number of carbonyl (C=O) groups is 3. The van der Waals surface area contributed by atoms with Crippen molar-refractivity contribution in [3.63, 3.8) is 0 Å². The number of nitrogens with one attached hydrogen (secondary N) is 1. The summed E-state index contributed by atoms with van der Waals surface area (Å²) >= 11 is 0. The molecule has 1 N–H and O–H groups in total. The van der Waals surface area contributed by atoms with E-state index in [4.69, 9.17) is 0 Å². The molecule has 0 atom stereocenters. The standard InChI is InChI=1S/C17H21F2N3O3/c1-12(23)21-7-2-8-22(10-9-21)16(24)5-6-20-17(25)14-4-3-13(18)11-15(14)19/h3-4,11H,2,5-10H2,1H3,(H,20,25). The largest absolute Gasteiger partial charge is 0.351 e. The van der Waals surface area contributed by atoms with E-state index in [0.29, 0.717) is 38.7 Å². The van der Waals surface area contributed by atoms with Crippen LogP contribution < -0.4 is 5.32 Å². The van der Waals surface area contributed by atoms with E-state index in [1.54, 1.807) is 9.80 Å². The molecule has 1 fully saturated rings. The summed E-state index contributed by atoms with van der Waals surface area (Å²) in [6.45, 7) is 3.69. The molecular weight excluding hydrogens is 332 g/mol. The maximum absolute atomic E-state index is 13.5. The molecule has 1 saturated heterocycles. The van der Waals surface area contributed by atoms with Crippen LogP contribution in [0.5, 0.6) is 0 Å². The van der Waals surface area contributed by atoms with Crippen LogP contribution >= 0.6 is 0 Å². The van der Waals surface area contributed by atoms with Gasteiger partial charge < -0.3 is 15.1 Å². The number of hydrogen-bond donors (Lipinski definition) is 1. The lowest BCUT2D eigenvalue weighted by Gasteiger charge is -2.21. The van der Waals surface area contributed by atoms with Crippen molar-refractivity contribution in [2.24, 2.45) is 0 Å². The zero-order valence-electron chi connectivity index (χ0n) is 14.1. The molecule has 136 valence electrons. The van der Waals surface area contributed by atoms with Crippen molar-refractivity contribution in [3.05, 3.63) is 35.4 Å². The van der Waals surface area contributed by atoms with E-state index < -0.39 is 17.5 Å². The molecule has 0 radical (unpaired) electrons. The fraction of sp³-hybridized carbons (Fsp3) is 0.471. The summed E-state index contributed by atoms with van der Waals surface area (Å²) in [4.78, 5) is 38.8. The fourth-order valence-electron chi connectivity index (χ4n) is 2.69. The lowest BCUT2D eigenvalue weighted by molar-refractivity contribution is -0.132. The van der Waals surface area contributed by atoms with Crippen molar-refractivity contribution in [2.45, 2.75) is 19.8 Å². The summed E-state index contributed by atoms with van der Waals surface area (Å²) in [5, 5.41) is 2.46. The summed E-state index contributed by atoms with van der Waals surface area (Å²) in [6.07, 6.45) is 0.785. The third kappa shape index (κ3) is 5.23. The highest BCUT2D eigenvalue weighted by Crippen LogP contribution is 2.09. The average molecular weight is 353 g/mol. The van der Waals surface area contributed by atoms with Crippen LogP contribution in [0.15, 0.2) is 18.2 Å². The molecule has 1 heterocycles. The summed E-state index contributed by atoms with van der Waals surface area (Å²) < 4.78 is 26.4. The molecule has 8 heteroatoms. The molecule has 1 aliphatic rings. The first-order valence-corrected chi connectivity index (χ1v) is 8.15. The normalized spacial score (nSPS) is 14.8. The van der Waals surface area contributed by atoms with E-state index in [1.165, 1.54) is 6.92 Å². The summed E-state index contributed by atoms with van der Waals surface area (Å²) in [6, 6.07) is 2.70. The van der Waals surface area contributed by atoms with Gasteiger partial charge in [0.15, 0.2) is 0 Å². The van der Waals surface area contributed by atoms with Gasteiger partial charge in [0, 0.05) is 52.1 Å². The zero-order chi connectivity index (χ0) is 18.4. The minimum absolute atomic E-state index is 0.0112. The van der Waals surface area contributed by atoms with Crippen LogP contribution in [-0.4, -0.2) is 60.2 Å². The summed E-state index contributed by atoms with van der Waals surface area (Å²) in [5.74, 6) is -2.54. The molecule has 3 amide bonds. The van der Waals surface area contributed by atoms with Crippen LogP contribution in [0, 0.1) is 11.6 Å². The Bertz CT molecular complexity index is 667. The molecule has 0 spiro atoms. The van der Waals surface area contributed by atoms with Crippen LogP contribution in [-0.2, 0) is 9.59 Å². The number of hydrogen-bond acceptors (Lipinski definition) is 3. The molecule has 2 rings (SSSR count). The van der Waals surface area contributed by atoms with E-state index in [2.05, 4.69) is 5.32 Å². The molecule has 0 aliphatic carbocycles. The third-order valence-corrected chi connectivity index (χ3v) is 4.09. The van der Waals surface area contributed by atoms with Crippen molar-refractivity contribution in [1.82, 2.24) is 15.1 Å². The number of carbonyl (C=O) groups excluding carboxylic acids is 3. The van der Waals surface area contributed by atoms with Crippen LogP contribution in [0.3, 0.4) is 0 Å². The van der Waals surface area contributed by atoms with Gasteiger partial charge in [-0.15, -0.1) is 0 Å². The third-order valence-electron chi connectivity index (χ3n) is 4.09. The number of benzene rings is 1. The Labute approximate surface area is 144 Å². The van der Waals surface area contributed by atoms with Crippen molar-refractivity contribution < 1.29 is 23.2 Å². The fourth-order valence-corrected chi connectivity index (χ4v) is 2.69. The van der Waals surface area contributed by atoms with Gasteiger partial charge in [-0.3, -0.25) is 14.4 Å². The second-order valence-electron chi connectivity index (χ2n) is 5.87. The molecule has 1 aromatic carbocycles. The highest BCUT2D eigenvalue weighted by molar-refractivity contribution is 5.94. The maximum Gasteiger partial charge on any atom is 0.254 e. The minimum atomic E-state index is -0.944. The highest BCUT2D eigenvalue weighted by Gasteiger charge is 2.20. The Morgan fingerprint density at radius 3 is 2.44 bits per heavy atom. The molecule has 0 bridgehead atoms. The quantitative estimate of drug-likeness (QED) is 0.883. The van der Waals surface area contributed by atoms with Gasteiger partial charge in [-0.2, -0.15) is 0 Å². The molecule has 6 nitrogen and oxygen atoms in total. The van der Waals surface area contributed by atoms with Gasteiger partial charge in [-0.05, 0) is 18.6 Å². The monoisotopic (exact) mass is 353 g/mol. The first kappa shape index (κ1) is 18.8. The van der Waals surface area contributed by atoms with E-state index in [1.807, 2.05) is 0 Å². The van der Waals surface area contributed by atoms with Crippen LogP contribution in [0.2, 0.25) is 0 Å². The maximum atomic E-state index is 13.5. The van der Waals surface area contributed by atoms with Gasteiger partial charge in [-0.1, -0.05) is 0 Å². The van der Waals surface area contributed by atoms with Gasteiger partial charge in [0.2, 0.25) is 11.8 Å². The Morgan fingerprint density at radius 2 is 1.76 bits per heavy atom. The van der Waals surface area contributed by atoms with Gasteiger partial charge in [0.1, 0.15) is 11.6 Å². The average Bonchev–Trinajstić information content (AvgIpc) is 2.80. The van der Waals surface area contributed by atoms with Gasteiger partial charge >= 0.3 is 0 Å². The Kier molecular flexibility index (Phi) is 6.44. The minimum Gasteiger partial charge on any atom is -0.351 e. The number of nitrogens with zero attached hydrogens (tertiary/aromatic N) is 2. The molecular formula is C17H21F2N3O3. The molecule has 0 unspecified atom stereocenters. The van der Waals surface area contributed by atoms with Crippen LogP contribution in [0.4, 0.5) is 8.78 Å². The topological polar surface area (TPSA) is 69.7 Å². The van der Waals surface area contributed by atoms with Gasteiger partial charge in [0.25, 0.3) is 5.91 Å². The second kappa shape index (κ2) is 8.55. The predicted octanol–water partition coefficient (Wildman–Crippen LogP) is 1.17. The van der Waals surface area contributed by atoms with E-state index in [0.717, 1.165) is 12.1 Å². The Balaban J connectivity index is 1.80. The van der Waals surface area contributed by atoms with Crippen molar-refractivity contribution in [1.29, 1.82) is 0 Å². The summed E-state index contributed by atoms with van der Waals surface area (Å²) in [5.41, 5.74) is -0.263. The highest BCUT2D eigenvalue weighted by atomic mass is 19.1. The second-order valence-corrected chi connectivity index (χ2v) is 5.87. The number of halogens is 2. The lowest BCUT2D eigenvalue weighted by Crippen LogP contribution is -2.38. The van der Waals surface area contributed by atoms with E-state index in [-0.39, 0.29) is 30.3 Å². The van der Waals surface area contributed by atoms with Crippen molar-refractivity contribution >= 4 is 17.7 Å². The SMILES string of the molecule is CC(=O)N1CCCN(C(=O)CCNC(=O)c2ccc(F)cc2F)CC1. The van der Waals surface area contributed by atoms with Crippen molar-refractivity contribution in [2.75, 3.05) is 32.7 Å². The summed E-state index contributed by atoms with van der Waals surface area (Å²) in [7, 11) is 0. The van der Waals surface area contributed by atoms with Crippen LogP contribution in [0.1, 0.15) is 30.1 Å². The van der Waals surface area contributed by atoms with E-state index >= 15 is 0 Å². The smallest absolute Gasteiger partial charge is 0.254 e. The lowest BCUT2D eigenvalue weighted by atomic mass is 10.2. The Hall–Kier alpha value is -2.51. The van der Waals surface area contributed by atoms with E-state index in [9.17, 15) is 23.2 Å². The number of rotatable bonds is 4. The van der Waals surface area contributed by atoms with Crippen LogP contribution in [0.25, 0.3) is 0 Å². The first-order chi connectivity index (χ1) is 11.9. The van der Waals surface area contributed by atoms with Gasteiger partial charge in [-0.25, -0.2) is 8.78 Å². The molecule has 1 aromatic rings. The van der Waals surface area contributed by atoms with Gasteiger partial charge in [0.05, 0.1) is 5.56 Å². The molecule has 0 saturated carbocycles. The van der Waals surface area contributed by atoms with Crippen molar-refractivity contribution in [3.8, 4) is 0 Å². The predicted molar refractivity (Wildman–Crippen MR) is 86.8 cm³/mol. The molecule has 0 aromatic heterocycles. The zero-order valence-corrected chi connectivity index (χ0v) is 14.1. The number of amides is 3. The molecule has 1 aliphatic heterocycles. The molecule has 25 heavy (non-hydrogen) atoms.